The predicted octanol–water partition coefficient (Wildman–Crippen LogP) is 2.69. The van der Waals surface area contributed by atoms with Crippen LogP contribution in [0.15, 0.2) is 18.2 Å². The highest BCUT2D eigenvalue weighted by molar-refractivity contribution is 6.42. The molecule has 5 heteroatoms. The molecule has 1 unspecified atom stereocenters. The largest absolute Gasteiger partial charge is 0.337 e. The number of nitrogens with zero attached hydrogens (tertiary/aromatic N) is 1. The van der Waals surface area contributed by atoms with Gasteiger partial charge in [-0.15, -0.1) is 0 Å². The number of benzene rings is 1. The predicted molar refractivity (Wildman–Crippen MR) is 71.2 cm³/mol. The van der Waals surface area contributed by atoms with Crippen LogP contribution in [0, 0.1) is 0 Å². The summed E-state index contributed by atoms with van der Waals surface area (Å²) < 4.78 is 0. The highest BCUT2D eigenvalue weighted by Crippen LogP contribution is 2.26. The maximum atomic E-state index is 11.8. The Hall–Kier alpha value is -0.770. The Labute approximate surface area is 111 Å². The van der Waals surface area contributed by atoms with Crippen LogP contribution in [-0.4, -0.2) is 23.4 Å². The van der Waals surface area contributed by atoms with Crippen molar-refractivity contribution in [3.8, 4) is 0 Å². The van der Waals surface area contributed by atoms with Crippen LogP contribution in [-0.2, 0) is 11.3 Å². The van der Waals surface area contributed by atoms with E-state index in [-0.39, 0.29) is 5.91 Å². The Morgan fingerprint density at radius 3 is 2.65 bits per heavy atom. The molecule has 1 aromatic carbocycles. The van der Waals surface area contributed by atoms with Crippen molar-refractivity contribution in [2.45, 2.75) is 26.4 Å². The number of nitrogens with two attached hydrogens (primary N) is 1. The van der Waals surface area contributed by atoms with Gasteiger partial charge in [-0.2, -0.15) is 0 Å². The molecule has 94 valence electrons. The Morgan fingerprint density at radius 2 is 2.12 bits per heavy atom. The van der Waals surface area contributed by atoms with Crippen LogP contribution in [0.1, 0.15) is 19.4 Å². The number of halogens is 2. The fourth-order valence-corrected chi connectivity index (χ4v) is 1.89. The number of hydrogen-bond acceptors (Lipinski definition) is 2. The summed E-state index contributed by atoms with van der Waals surface area (Å²) in [4.78, 5) is 13.5. The first-order valence-corrected chi connectivity index (χ1v) is 6.20. The third kappa shape index (κ3) is 3.60. The summed E-state index contributed by atoms with van der Waals surface area (Å²) >= 11 is 12.0. The maximum absolute atomic E-state index is 11.8. The minimum atomic E-state index is -0.507. The third-order valence-corrected chi connectivity index (χ3v) is 3.33. The van der Waals surface area contributed by atoms with Crippen LogP contribution < -0.4 is 5.73 Å². The normalized spacial score (nSPS) is 12.3. The average molecular weight is 275 g/mol. The lowest BCUT2D eigenvalue weighted by atomic mass is 10.2. The van der Waals surface area contributed by atoms with Crippen LogP contribution in [0.4, 0.5) is 0 Å². The fraction of sp³-hybridized carbons (Fsp3) is 0.417. The molecule has 0 saturated carbocycles. The molecule has 0 bridgehead atoms. The van der Waals surface area contributed by atoms with Gasteiger partial charge in [0.25, 0.3) is 0 Å². The van der Waals surface area contributed by atoms with Gasteiger partial charge >= 0.3 is 0 Å². The van der Waals surface area contributed by atoms with Gasteiger partial charge in [0.2, 0.25) is 5.91 Å². The summed E-state index contributed by atoms with van der Waals surface area (Å²) in [5, 5.41) is 0.985. The molecule has 1 atom stereocenters. The van der Waals surface area contributed by atoms with Crippen LogP contribution in [0.5, 0.6) is 0 Å². The van der Waals surface area contributed by atoms with Gasteiger partial charge in [0, 0.05) is 13.1 Å². The Bertz CT molecular complexity index is 407. The summed E-state index contributed by atoms with van der Waals surface area (Å²) in [6.07, 6.45) is 0. The second-order valence-electron chi connectivity index (χ2n) is 3.85. The molecule has 0 aromatic heterocycles. The van der Waals surface area contributed by atoms with E-state index >= 15 is 0 Å². The molecule has 0 saturated heterocycles. The van der Waals surface area contributed by atoms with Gasteiger partial charge in [-0.05, 0) is 25.5 Å². The molecule has 0 spiro atoms. The second kappa shape index (κ2) is 6.24. The Morgan fingerprint density at radius 1 is 1.47 bits per heavy atom. The second-order valence-corrected chi connectivity index (χ2v) is 4.64. The van der Waals surface area contributed by atoms with Crippen molar-refractivity contribution in [3.63, 3.8) is 0 Å². The SMILES string of the molecule is CCN(Cc1cccc(Cl)c1Cl)C(=O)C(C)N. The van der Waals surface area contributed by atoms with Crippen molar-refractivity contribution < 1.29 is 4.79 Å². The van der Waals surface area contributed by atoms with E-state index in [1.54, 1.807) is 17.9 Å². The summed E-state index contributed by atoms with van der Waals surface area (Å²) in [5.74, 6) is -0.0939. The van der Waals surface area contributed by atoms with Crippen molar-refractivity contribution in [2.24, 2.45) is 5.73 Å². The van der Waals surface area contributed by atoms with Crippen LogP contribution >= 0.6 is 23.2 Å². The third-order valence-electron chi connectivity index (χ3n) is 2.48. The molecular formula is C12H16Cl2N2O. The molecule has 1 amide bonds. The van der Waals surface area contributed by atoms with E-state index in [1.807, 2.05) is 19.1 Å². The number of likely N-dealkylation sites (N-methyl/N-ethyl adjacent to an activating group) is 1. The van der Waals surface area contributed by atoms with E-state index in [9.17, 15) is 4.79 Å². The molecule has 0 radical (unpaired) electrons. The van der Waals surface area contributed by atoms with Gasteiger partial charge in [0.05, 0.1) is 16.1 Å². The smallest absolute Gasteiger partial charge is 0.239 e. The average Bonchev–Trinajstić information content (AvgIpc) is 2.30. The molecule has 17 heavy (non-hydrogen) atoms. The van der Waals surface area contributed by atoms with Crippen LogP contribution in [0.3, 0.4) is 0 Å². The minimum Gasteiger partial charge on any atom is -0.337 e. The first-order valence-electron chi connectivity index (χ1n) is 5.44. The molecule has 0 aliphatic heterocycles. The van der Waals surface area contributed by atoms with E-state index in [4.69, 9.17) is 28.9 Å². The van der Waals surface area contributed by atoms with Gasteiger partial charge in [0.1, 0.15) is 0 Å². The Balaban J connectivity index is 2.88. The molecular weight excluding hydrogens is 259 g/mol. The number of hydrogen-bond donors (Lipinski definition) is 1. The molecule has 2 N–H and O–H groups in total. The minimum absolute atomic E-state index is 0.0939. The molecule has 1 aromatic rings. The van der Waals surface area contributed by atoms with E-state index in [2.05, 4.69) is 0 Å². The van der Waals surface area contributed by atoms with Gasteiger partial charge in [-0.25, -0.2) is 0 Å². The molecule has 0 heterocycles. The summed E-state index contributed by atoms with van der Waals surface area (Å²) in [7, 11) is 0. The summed E-state index contributed by atoms with van der Waals surface area (Å²) in [6.45, 7) is 4.59. The number of amides is 1. The number of carbonyl (C=O) groups is 1. The quantitative estimate of drug-likeness (QED) is 0.918. The molecule has 1 rings (SSSR count). The fourth-order valence-electron chi connectivity index (χ4n) is 1.51. The zero-order chi connectivity index (χ0) is 13.0. The van der Waals surface area contributed by atoms with Crippen LogP contribution in [0.2, 0.25) is 10.0 Å². The van der Waals surface area contributed by atoms with Gasteiger partial charge < -0.3 is 10.6 Å². The van der Waals surface area contributed by atoms with Gasteiger partial charge in [-0.3, -0.25) is 4.79 Å². The molecule has 0 fully saturated rings. The van der Waals surface area contributed by atoms with E-state index in [1.165, 1.54) is 0 Å². The van der Waals surface area contributed by atoms with E-state index < -0.39 is 6.04 Å². The maximum Gasteiger partial charge on any atom is 0.239 e. The zero-order valence-corrected chi connectivity index (χ0v) is 11.4. The first kappa shape index (κ1) is 14.3. The Kier molecular flexibility index (Phi) is 5.25. The van der Waals surface area contributed by atoms with E-state index in [0.717, 1.165) is 5.56 Å². The monoisotopic (exact) mass is 274 g/mol. The first-order chi connectivity index (χ1) is 7.97. The van der Waals surface area contributed by atoms with Crippen molar-refractivity contribution >= 4 is 29.1 Å². The van der Waals surface area contributed by atoms with Gasteiger partial charge in [0.15, 0.2) is 0 Å². The topological polar surface area (TPSA) is 46.3 Å². The number of carbonyl (C=O) groups excluding carboxylic acids is 1. The van der Waals surface area contributed by atoms with E-state index in [0.29, 0.717) is 23.1 Å². The van der Waals surface area contributed by atoms with Gasteiger partial charge in [-0.1, -0.05) is 35.3 Å². The lowest BCUT2D eigenvalue weighted by Crippen LogP contribution is -2.41. The molecule has 0 aliphatic rings. The van der Waals surface area contributed by atoms with Crippen LogP contribution in [0.25, 0.3) is 0 Å². The van der Waals surface area contributed by atoms with Crippen molar-refractivity contribution in [1.29, 1.82) is 0 Å². The molecule has 3 nitrogen and oxygen atoms in total. The summed E-state index contributed by atoms with van der Waals surface area (Å²) in [5.41, 5.74) is 6.41. The molecule has 0 aliphatic carbocycles. The highest BCUT2D eigenvalue weighted by atomic mass is 35.5. The summed E-state index contributed by atoms with van der Waals surface area (Å²) in [6, 6.07) is 4.88. The van der Waals surface area contributed by atoms with Crippen molar-refractivity contribution in [3.05, 3.63) is 33.8 Å². The highest BCUT2D eigenvalue weighted by Gasteiger charge is 2.17. The zero-order valence-electron chi connectivity index (χ0n) is 9.91. The number of rotatable bonds is 4. The van der Waals surface area contributed by atoms with Crippen molar-refractivity contribution in [2.75, 3.05) is 6.54 Å². The lowest BCUT2D eigenvalue weighted by molar-refractivity contribution is -0.132. The standard InChI is InChI=1S/C12H16Cl2N2O/c1-3-16(12(17)8(2)15)7-9-5-4-6-10(13)11(9)14/h4-6,8H,3,7,15H2,1-2H3. The lowest BCUT2D eigenvalue weighted by Gasteiger charge is -2.23. The van der Waals surface area contributed by atoms with Crippen molar-refractivity contribution in [1.82, 2.24) is 4.90 Å².